The van der Waals surface area contributed by atoms with Gasteiger partial charge in [-0.05, 0) is 20.0 Å². The number of nitrogens with one attached hydrogen (secondary N) is 1. The van der Waals surface area contributed by atoms with Crippen LogP contribution in [0.3, 0.4) is 0 Å². The third kappa shape index (κ3) is 5.16. The quantitative estimate of drug-likeness (QED) is 0.747. The summed E-state index contributed by atoms with van der Waals surface area (Å²) >= 11 is 1.78. The molecule has 1 atom stereocenters. The Bertz CT molecular complexity index is 240. The van der Waals surface area contributed by atoms with Gasteiger partial charge in [-0.2, -0.15) is 0 Å². The van der Waals surface area contributed by atoms with Crippen molar-refractivity contribution < 1.29 is 4.79 Å². The van der Waals surface area contributed by atoms with Crippen LogP contribution in [0.4, 0.5) is 0 Å². The van der Waals surface area contributed by atoms with E-state index in [2.05, 4.69) is 24.1 Å². The van der Waals surface area contributed by atoms with E-state index in [1.165, 1.54) is 0 Å². The zero-order valence-electron chi connectivity index (χ0n) is 11.9. The van der Waals surface area contributed by atoms with E-state index in [1.807, 2.05) is 11.8 Å². The molecule has 0 aromatic carbocycles. The van der Waals surface area contributed by atoms with Crippen LogP contribution in [0.25, 0.3) is 0 Å². The molecular weight excluding hydrogens is 246 g/mol. The van der Waals surface area contributed by atoms with Crippen LogP contribution in [0.2, 0.25) is 0 Å². The summed E-state index contributed by atoms with van der Waals surface area (Å²) in [6.45, 7) is 13.3. The van der Waals surface area contributed by atoms with Gasteiger partial charge in [0.2, 0.25) is 5.91 Å². The maximum atomic E-state index is 12.2. The van der Waals surface area contributed by atoms with E-state index in [9.17, 15) is 4.79 Å². The highest BCUT2D eigenvalue weighted by Gasteiger charge is 2.21. The Morgan fingerprint density at radius 1 is 1.33 bits per heavy atom. The van der Waals surface area contributed by atoms with Crippen molar-refractivity contribution in [1.29, 1.82) is 0 Å². The second kappa shape index (κ2) is 8.77. The van der Waals surface area contributed by atoms with Gasteiger partial charge in [0.05, 0.1) is 5.25 Å². The summed E-state index contributed by atoms with van der Waals surface area (Å²) in [5.74, 6) is 1.35. The van der Waals surface area contributed by atoms with Crippen LogP contribution < -0.4 is 5.32 Å². The van der Waals surface area contributed by atoms with Gasteiger partial charge < -0.3 is 15.1 Å². The zero-order valence-corrected chi connectivity index (χ0v) is 12.8. The van der Waals surface area contributed by atoms with Gasteiger partial charge in [-0.3, -0.25) is 4.79 Å². The smallest absolute Gasteiger partial charge is 0.235 e. The topological polar surface area (TPSA) is 35.6 Å². The molecule has 1 fully saturated rings. The van der Waals surface area contributed by atoms with Gasteiger partial charge in [-0.1, -0.05) is 13.8 Å². The van der Waals surface area contributed by atoms with Crippen molar-refractivity contribution in [2.75, 3.05) is 51.6 Å². The van der Waals surface area contributed by atoms with Crippen LogP contribution in [-0.4, -0.2) is 72.5 Å². The minimum atomic E-state index is 0.0960. The molecule has 0 bridgehead atoms. The first-order chi connectivity index (χ1) is 8.69. The van der Waals surface area contributed by atoms with Crippen LogP contribution in [-0.2, 0) is 4.79 Å². The number of rotatable bonds is 7. The molecule has 0 aromatic heterocycles. The minimum Gasteiger partial charge on any atom is -0.339 e. The lowest BCUT2D eigenvalue weighted by atomic mass is 10.3. The molecule has 1 aliphatic rings. The monoisotopic (exact) mass is 273 g/mol. The Balaban J connectivity index is 2.22. The Kier molecular flexibility index (Phi) is 7.70. The normalized spacial score (nSPS) is 18.1. The van der Waals surface area contributed by atoms with Crippen molar-refractivity contribution >= 4 is 17.7 Å². The molecule has 1 rings (SSSR count). The van der Waals surface area contributed by atoms with Crippen LogP contribution in [0.15, 0.2) is 0 Å². The highest BCUT2D eigenvalue weighted by molar-refractivity contribution is 8.00. The summed E-state index contributed by atoms with van der Waals surface area (Å²) in [5.41, 5.74) is 0. The molecule has 0 saturated carbocycles. The summed E-state index contributed by atoms with van der Waals surface area (Å²) in [6, 6.07) is 0. The summed E-state index contributed by atoms with van der Waals surface area (Å²) in [4.78, 5) is 16.6. The van der Waals surface area contributed by atoms with Crippen molar-refractivity contribution in [3.63, 3.8) is 0 Å². The lowest BCUT2D eigenvalue weighted by Gasteiger charge is -2.29. The Morgan fingerprint density at radius 3 is 2.50 bits per heavy atom. The maximum Gasteiger partial charge on any atom is 0.235 e. The lowest BCUT2D eigenvalue weighted by Crippen LogP contribution is -2.48. The molecule has 5 heteroatoms. The first kappa shape index (κ1) is 15.8. The van der Waals surface area contributed by atoms with E-state index < -0.39 is 0 Å². The number of amides is 1. The molecule has 1 saturated heterocycles. The number of hydrogen-bond acceptors (Lipinski definition) is 4. The number of carbonyl (C=O) groups excluding carboxylic acids is 1. The highest BCUT2D eigenvalue weighted by atomic mass is 32.2. The first-order valence-corrected chi connectivity index (χ1v) is 8.07. The molecule has 4 nitrogen and oxygen atoms in total. The van der Waals surface area contributed by atoms with Crippen LogP contribution >= 0.6 is 11.8 Å². The summed E-state index contributed by atoms with van der Waals surface area (Å²) < 4.78 is 0. The number of piperazine rings is 1. The molecule has 106 valence electrons. The van der Waals surface area contributed by atoms with Crippen molar-refractivity contribution in [3.8, 4) is 0 Å². The molecule has 0 spiro atoms. The molecule has 1 heterocycles. The molecular formula is C13H27N3OS. The molecule has 18 heavy (non-hydrogen) atoms. The fraction of sp³-hybridized carbons (Fsp3) is 0.923. The second-order valence-electron chi connectivity index (χ2n) is 4.62. The van der Waals surface area contributed by atoms with Gasteiger partial charge in [0, 0.05) is 38.5 Å². The molecule has 0 aliphatic carbocycles. The van der Waals surface area contributed by atoms with E-state index in [-0.39, 0.29) is 5.25 Å². The van der Waals surface area contributed by atoms with Crippen LogP contribution in [0, 0.1) is 0 Å². The molecule has 0 radical (unpaired) electrons. The maximum absolute atomic E-state index is 12.2. The number of nitrogens with zero attached hydrogens (tertiary/aromatic N) is 2. The van der Waals surface area contributed by atoms with E-state index in [0.29, 0.717) is 5.91 Å². The van der Waals surface area contributed by atoms with Crippen molar-refractivity contribution in [3.05, 3.63) is 0 Å². The largest absolute Gasteiger partial charge is 0.339 e. The van der Waals surface area contributed by atoms with Crippen LogP contribution in [0.1, 0.15) is 20.8 Å². The summed E-state index contributed by atoms with van der Waals surface area (Å²) in [5, 5.41) is 3.37. The third-order valence-electron chi connectivity index (χ3n) is 3.45. The zero-order chi connectivity index (χ0) is 13.4. The minimum absolute atomic E-state index is 0.0960. The van der Waals surface area contributed by atoms with Crippen molar-refractivity contribution in [2.45, 2.75) is 26.0 Å². The van der Waals surface area contributed by atoms with Crippen molar-refractivity contribution in [1.82, 2.24) is 15.1 Å². The number of carbonyl (C=O) groups is 1. The van der Waals surface area contributed by atoms with Gasteiger partial charge in [0.1, 0.15) is 0 Å². The molecule has 1 aliphatic heterocycles. The second-order valence-corrected chi connectivity index (χ2v) is 6.06. The Morgan fingerprint density at radius 2 is 1.94 bits per heavy atom. The molecule has 1 N–H and O–H groups in total. The van der Waals surface area contributed by atoms with E-state index in [1.54, 1.807) is 11.8 Å². The van der Waals surface area contributed by atoms with Gasteiger partial charge in [-0.15, -0.1) is 11.8 Å². The molecule has 0 aromatic rings. The van der Waals surface area contributed by atoms with E-state index in [4.69, 9.17) is 0 Å². The van der Waals surface area contributed by atoms with Gasteiger partial charge in [0.15, 0.2) is 0 Å². The first-order valence-electron chi connectivity index (χ1n) is 7.02. The fourth-order valence-corrected chi connectivity index (χ4v) is 3.12. The summed E-state index contributed by atoms with van der Waals surface area (Å²) in [7, 11) is 0. The molecule has 1 amide bonds. The van der Waals surface area contributed by atoms with E-state index in [0.717, 1.165) is 51.6 Å². The average Bonchev–Trinajstić information content (AvgIpc) is 2.43. The van der Waals surface area contributed by atoms with Gasteiger partial charge >= 0.3 is 0 Å². The average molecular weight is 273 g/mol. The number of thioether (sulfide) groups is 1. The van der Waals surface area contributed by atoms with E-state index >= 15 is 0 Å². The predicted molar refractivity (Wildman–Crippen MR) is 79.2 cm³/mol. The lowest BCUT2D eigenvalue weighted by molar-refractivity contribution is -0.130. The van der Waals surface area contributed by atoms with Gasteiger partial charge in [-0.25, -0.2) is 0 Å². The van der Waals surface area contributed by atoms with Crippen LogP contribution in [0.5, 0.6) is 0 Å². The Hall–Kier alpha value is -0.260. The predicted octanol–water partition coefficient (Wildman–Crippen LogP) is 0.882. The molecule has 1 unspecified atom stereocenters. The standard InChI is InChI=1S/C13H27N3OS/c1-4-15(5-2)10-11-18-12(3)13(17)16-8-6-14-7-9-16/h12,14H,4-11H2,1-3H3. The SMILES string of the molecule is CCN(CC)CCSC(C)C(=O)N1CCNCC1. The fourth-order valence-electron chi connectivity index (χ4n) is 2.11. The van der Waals surface area contributed by atoms with Gasteiger partial charge in [0.25, 0.3) is 0 Å². The highest BCUT2D eigenvalue weighted by Crippen LogP contribution is 2.14. The van der Waals surface area contributed by atoms with Crippen molar-refractivity contribution in [2.24, 2.45) is 0 Å². The third-order valence-corrected chi connectivity index (χ3v) is 4.57. The number of hydrogen-bond donors (Lipinski definition) is 1. The Labute approximate surface area is 115 Å². The summed E-state index contributed by atoms with van der Waals surface area (Å²) in [6.07, 6.45) is 0.